The Morgan fingerprint density at radius 2 is 1.62 bits per heavy atom. The summed E-state index contributed by atoms with van der Waals surface area (Å²) in [6.45, 7) is 5.74. The third kappa shape index (κ3) is 9.33. The van der Waals surface area contributed by atoms with Gasteiger partial charge in [0.05, 0.1) is 45.2 Å². The van der Waals surface area contributed by atoms with Gasteiger partial charge in [-0.3, -0.25) is 9.21 Å². The molecule has 1 fully saturated rings. The summed E-state index contributed by atoms with van der Waals surface area (Å²) < 4.78 is 66.0. The summed E-state index contributed by atoms with van der Waals surface area (Å²) in [6.07, 6.45) is -0.810. The Kier molecular flexibility index (Phi) is 10.5. The Morgan fingerprint density at radius 1 is 1.09 bits per heavy atom. The standard InChI is InChI=1S/C21H29N3O4S.ClHO4/c1-17-3-9-21(10-4-17)29(26,27)24(18-5-7-20(28-2)8-6-18)16-19(25)15-23-13-11-22-12-14-23;2-1(3,4)5/h3-10,19,22,25H,11-16H2,1-2H3;(H,2,3,4,5). The first-order valence-corrected chi connectivity index (χ1v) is 13.1. The second-order valence-electron chi connectivity index (χ2n) is 7.65. The quantitative estimate of drug-likeness (QED) is 0.334. The fourth-order valence-corrected chi connectivity index (χ4v) is 4.87. The molecule has 0 saturated carbocycles. The number of aliphatic hydroxyl groups is 1. The van der Waals surface area contributed by atoms with Crippen LogP contribution in [0.25, 0.3) is 0 Å². The molecule has 1 atom stereocenters. The number of aryl methyl sites for hydroxylation is 1. The van der Waals surface area contributed by atoms with Crippen molar-refractivity contribution in [1.29, 1.82) is 0 Å². The maximum Gasteiger partial charge on any atom is 0.264 e. The molecule has 1 aliphatic heterocycles. The third-order valence-electron chi connectivity index (χ3n) is 5.02. The molecule has 1 heterocycles. The first kappa shape index (κ1) is 28.2. The number of aliphatic hydroxyl groups excluding tert-OH is 1. The van der Waals surface area contributed by atoms with Crippen LogP contribution in [-0.4, -0.2) is 75.6 Å². The van der Waals surface area contributed by atoms with Gasteiger partial charge in [-0.1, -0.05) is 17.7 Å². The van der Waals surface area contributed by atoms with Gasteiger partial charge in [-0.25, -0.2) is 8.42 Å². The monoisotopic (exact) mass is 519 g/mol. The van der Waals surface area contributed by atoms with Crippen molar-refractivity contribution in [3.05, 3.63) is 54.1 Å². The molecule has 0 radical (unpaired) electrons. The largest absolute Gasteiger partial charge is 0.497 e. The van der Waals surface area contributed by atoms with Gasteiger partial charge in [0.25, 0.3) is 10.0 Å². The maximum absolute atomic E-state index is 13.4. The van der Waals surface area contributed by atoms with E-state index in [1.807, 2.05) is 6.92 Å². The lowest BCUT2D eigenvalue weighted by molar-refractivity contribution is -1.92. The Labute approximate surface area is 201 Å². The third-order valence-corrected chi connectivity index (χ3v) is 6.83. The smallest absolute Gasteiger partial charge is 0.264 e. The first-order valence-electron chi connectivity index (χ1n) is 10.4. The number of ether oxygens (including phenoxy) is 1. The van der Waals surface area contributed by atoms with Crippen molar-refractivity contribution in [2.45, 2.75) is 17.9 Å². The summed E-state index contributed by atoms with van der Waals surface area (Å²) in [5.74, 6) is 0.641. The summed E-state index contributed by atoms with van der Waals surface area (Å²) in [6, 6.07) is 13.6. The number of nitrogens with one attached hydrogen (secondary N) is 1. The maximum atomic E-state index is 13.4. The predicted octanol–water partition coefficient (Wildman–Crippen LogP) is -2.66. The van der Waals surface area contributed by atoms with Gasteiger partial charge in [-0.05, 0) is 43.3 Å². The minimum atomic E-state index is -4.69. The molecule has 11 nitrogen and oxygen atoms in total. The number of β-amino-alcohol motifs (C(OH)–C–C–N with tert-alkyl or cyclic N) is 1. The summed E-state index contributed by atoms with van der Waals surface area (Å²) >= 11 is 0. The SMILES string of the molecule is COc1ccc(N(CC(O)CN2CCNCC2)S(=O)(=O)c2ccc(C)cc2)cc1.[O-][Cl+3]([O-])([O-])O. The van der Waals surface area contributed by atoms with Crippen LogP contribution in [0.1, 0.15) is 5.56 Å². The zero-order chi connectivity index (χ0) is 25.4. The zero-order valence-electron chi connectivity index (χ0n) is 19.0. The van der Waals surface area contributed by atoms with E-state index in [1.54, 1.807) is 55.6 Å². The average molecular weight is 520 g/mol. The average Bonchev–Trinajstić information content (AvgIpc) is 2.77. The molecule has 3 N–H and O–H groups in total. The van der Waals surface area contributed by atoms with Crippen LogP contribution in [0.5, 0.6) is 5.75 Å². The minimum absolute atomic E-state index is 0.0214. The van der Waals surface area contributed by atoms with Gasteiger partial charge in [0.15, 0.2) is 0 Å². The molecule has 2 aromatic rings. The lowest BCUT2D eigenvalue weighted by Crippen LogP contribution is -2.58. The summed E-state index contributed by atoms with van der Waals surface area (Å²) in [4.78, 5) is 2.35. The van der Waals surface area contributed by atoms with E-state index in [9.17, 15) is 13.5 Å². The number of piperazine rings is 1. The summed E-state index contributed by atoms with van der Waals surface area (Å²) in [5, 5.41) is 14.0. The van der Waals surface area contributed by atoms with Crippen LogP contribution in [-0.2, 0) is 10.0 Å². The van der Waals surface area contributed by atoms with Crippen molar-refractivity contribution in [3.63, 3.8) is 0 Å². The first-order chi connectivity index (χ1) is 15.9. The molecule has 34 heavy (non-hydrogen) atoms. The van der Waals surface area contributed by atoms with E-state index >= 15 is 0 Å². The fourth-order valence-electron chi connectivity index (χ4n) is 3.37. The highest BCUT2D eigenvalue weighted by molar-refractivity contribution is 7.92. The van der Waals surface area contributed by atoms with Gasteiger partial charge in [0.2, 0.25) is 0 Å². The number of nitrogens with zero attached hydrogens (tertiary/aromatic N) is 2. The normalized spacial score (nSPS) is 15.7. The Bertz CT molecular complexity index is 973. The van der Waals surface area contributed by atoms with Crippen LogP contribution in [0.2, 0.25) is 0 Å². The van der Waals surface area contributed by atoms with Crippen LogP contribution < -0.4 is 28.3 Å². The van der Waals surface area contributed by atoms with Gasteiger partial charge in [-0.15, -0.1) is 0 Å². The van der Waals surface area contributed by atoms with Crippen LogP contribution in [0, 0.1) is 17.2 Å². The van der Waals surface area contributed by atoms with E-state index in [-0.39, 0.29) is 11.4 Å². The van der Waals surface area contributed by atoms with Crippen molar-refractivity contribution >= 4 is 15.7 Å². The summed E-state index contributed by atoms with van der Waals surface area (Å²) in [7, 11) is -6.96. The number of sulfonamides is 1. The molecule has 0 aromatic heterocycles. The molecule has 0 spiro atoms. The highest BCUT2D eigenvalue weighted by Gasteiger charge is 2.28. The van der Waals surface area contributed by atoms with E-state index in [0.717, 1.165) is 31.7 Å². The van der Waals surface area contributed by atoms with Crippen molar-refractivity contribution in [2.24, 2.45) is 0 Å². The van der Waals surface area contributed by atoms with Gasteiger partial charge < -0.3 is 15.2 Å². The van der Waals surface area contributed by atoms with Gasteiger partial charge in [0, 0.05) is 32.7 Å². The summed E-state index contributed by atoms with van der Waals surface area (Å²) in [5.41, 5.74) is 1.48. The van der Waals surface area contributed by atoms with E-state index in [1.165, 1.54) is 4.31 Å². The number of hydrogen-bond donors (Lipinski definition) is 3. The highest BCUT2D eigenvalue weighted by atomic mass is 35.7. The second-order valence-corrected chi connectivity index (χ2v) is 10.3. The lowest BCUT2D eigenvalue weighted by atomic mass is 10.2. The molecule has 1 unspecified atom stereocenters. The Morgan fingerprint density at radius 3 is 2.12 bits per heavy atom. The van der Waals surface area contributed by atoms with Gasteiger partial charge in [-0.2, -0.15) is 14.0 Å². The Balaban J connectivity index is 0.000000739. The molecule has 13 heteroatoms. The van der Waals surface area contributed by atoms with Crippen LogP contribution in [0.3, 0.4) is 0 Å². The van der Waals surface area contributed by atoms with Crippen LogP contribution >= 0.6 is 0 Å². The van der Waals surface area contributed by atoms with Gasteiger partial charge >= 0.3 is 0 Å². The number of halogens is 1. The predicted molar refractivity (Wildman–Crippen MR) is 116 cm³/mol. The number of benzene rings is 2. The molecule has 1 aliphatic rings. The topological polar surface area (TPSA) is 172 Å². The van der Waals surface area contributed by atoms with Crippen molar-refractivity contribution < 1.29 is 47.1 Å². The molecule has 2 aromatic carbocycles. The highest BCUT2D eigenvalue weighted by Crippen LogP contribution is 2.26. The van der Waals surface area contributed by atoms with Crippen molar-refractivity contribution in [2.75, 3.05) is 50.7 Å². The van der Waals surface area contributed by atoms with Crippen LogP contribution in [0.15, 0.2) is 53.4 Å². The van der Waals surface area contributed by atoms with Crippen molar-refractivity contribution in [1.82, 2.24) is 10.2 Å². The van der Waals surface area contributed by atoms with E-state index in [2.05, 4.69) is 10.2 Å². The molecule has 3 rings (SSSR count). The van der Waals surface area contributed by atoms with Gasteiger partial charge in [0.1, 0.15) is 5.75 Å². The minimum Gasteiger partial charge on any atom is -0.497 e. The van der Waals surface area contributed by atoms with Crippen molar-refractivity contribution in [3.8, 4) is 5.75 Å². The number of hydrogen-bond acceptors (Lipinski definition) is 10. The molecule has 190 valence electrons. The fraction of sp³-hybridized carbons (Fsp3) is 0.429. The number of anilines is 1. The van der Waals surface area contributed by atoms with E-state index in [0.29, 0.717) is 18.0 Å². The second kappa shape index (κ2) is 12.6. The molecule has 0 amide bonds. The van der Waals surface area contributed by atoms with E-state index in [4.69, 9.17) is 23.4 Å². The Hall–Kier alpha value is -2.00. The zero-order valence-corrected chi connectivity index (χ0v) is 20.5. The van der Waals surface area contributed by atoms with Crippen LogP contribution in [0.4, 0.5) is 5.69 Å². The van der Waals surface area contributed by atoms with E-state index < -0.39 is 26.4 Å². The molecular formula is C21H30ClN3O8S. The molecule has 0 aliphatic carbocycles. The number of methoxy groups -OCH3 is 1. The molecule has 0 bridgehead atoms. The lowest BCUT2D eigenvalue weighted by Gasteiger charge is -2.32. The molecule has 1 saturated heterocycles. The molecular weight excluding hydrogens is 490 g/mol. The number of rotatable bonds is 8.